The van der Waals surface area contributed by atoms with Gasteiger partial charge in [0.05, 0.1) is 20.6 Å². The standard InChI is InChI=1S/C22H21F2NO5/c1-28-14-10-18(29-2)20-17(26)12-22(30-19(20)11-14)5-7-25(8-6-22)21(27)13-3-4-15(23)16(24)9-13/h3-4,9-11H,5-8,12H2,1-2H3. The number of ketones is 1. The van der Waals surface area contributed by atoms with Gasteiger partial charge in [0.25, 0.3) is 5.91 Å². The predicted octanol–water partition coefficient (Wildman–Crippen LogP) is 3.62. The van der Waals surface area contributed by atoms with Crippen LogP contribution in [0.3, 0.4) is 0 Å². The van der Waals surface area contributed by atoms with Gasteiger partial charge in [-0.05, 0) is 18.2 Å². The van der Waals surface area contributed by atoms with E-state index in [1.54, 1.807) is 17.0 Å². The molecule has 2 aromatic rings. The normalized spacial score (nSPS) is 17.3. The fraction of sp³-hybridized carbons (Fsp3) is 0.364. The van der Waals surface area contributed by atoms with Crippen molar-refractivity contribution in [3.63, 3.8) is 0 Å². The molecular weight excluding hydrogens is 396 g/mol. The Balaban J connectivity index is 1.53. The van der Waals surface area contributed by atoms with E-state index in [0.717, 1.165) is 12.1 Å². The molecule has 0 saturated carbocycles. The molecule has 1 saturated heterocycles. The summed E-state index contributed by atoms with van der Waals surface area (Å²) in [5, 5.41) is 0. The van der Waals surface area contributed by atoms with E-state index >= 15 is 0 Å². The largest absolute Gasteiger partial charge is 0.496 e. The van der Waals surface area contributed by atoms with E-state index in [4.69, 9.17) is 14.2 Å². The van der Waals surface area contributed by atoms with Crippen LogP contribution in [0.5, 0.6) is 17.2 Å². The number of ether oxygens (including phenoxy) is 3. The smallest absolute Gasteiger partial charge is 0.253 e. The Hall–Kier alpha value is -3.16. The summed E-state index contributed by atoms with van der Waals surface area (Å²) < 4.78 is 43.5. The lowest BCUT2D eigenvalue weighted by Crippen LogP contribution is -2.52. The average molecular weight is 417 g/mol. The van der Waals surface area contributed by atoms with Crippen molar-refractivity contribution in [1.29, 1.82) is 0 Å². The fourth-order valence-corrected chi connectivity index (χ4v) is 4.06. The molecule has 8 heteroatoms. The Bertz CT molecular complexity index is 1010. The zero-order valence-electron chi connectivity index (χ0n) is 16.7. The number of amides is 1. The molecule has 158 valence electrons. The molecule has 4 rings (SSSR count). The Morgan fingerprint density at radius 2 is 1.80 bits per heavy atom. The molecule has 2 heterocycles. The van der Waals surface area contributed by atoms with Crippen molar-refractivity contribution in [2.45, 2.75) is 24.9 Å². The number of piperidine rings is 1. The van der Waals surface area contributed by atoms with Crippen LogP contribution in [0, 0.1) is 11.6 Å². The quantitative estimate of drug-likeness (QED) is 0.763. The first-order chi connectivity index (χ1) is 14.4. The fourth-order valence-electron chi connectivity index (χ4n) is 4.06. The van der Waals surface area contributed by atoms with Gasteiger partial charge >= 0.3 is 0 Å². The molecule has 1 amide bonds. The second kappa shape index (κ2) is 7.59. The van der Waals surface area contributed by atoms with E-state index in [0.29, 0.717) is 48.7 Å². The number of carbonyl (C=O) groups excluding carboxylic acids is 2. The van der Waals surface area contributed by atoms with Gasteiger partial charge in [-0.2, -0.15) is 0 Å². The summed E-state index contributed by atoms with van der Waals surface area (Å²) in [5.74, 6) is -1.21. The number of nitrogens with zero attached hydrogens (tertiary/aromatic N) is 1. The molecular formula is C22H21F2NO5. The molecule has 30 heavy (non-hydrogen) atoms. The van der Waals surface area contributed by atoms with E-state index in [-0.39, 0.29) is 23.7 Å². The van der Waals surface area contributed by atoms with Gasteiger partial charge in [-0.15, -0.1) is 0 Å². The number of Topliss-reactive ketones (excluding diaryl/α,β-unsaturated/α-hetero) is 1. The minimum absolute atomic E-state index is 0.0869. The molecule has 0 atom stereocenters. The number of methoxy groups -OCH3 is 2. The maximum atomic E-state index is 13.5. The average Bonchev–Trinajstić information content (AvgIpc) is 2.74. The van der Waals surface area contributed by atoms with Crippen LogP contribution in [0.25, 0.3) is 0 Å². The maximum Gasteiger partial charge on any atom is 0.253 e. The SMILES string of the molecule is COc1cc(OC)c2c(c1)OC1(CCN(C(=O)c3ccc(F)c(F)c3)CC1)CC2=O. The van der Waals surface area contributed by atoms with Crippen LogP contribution < -0.4 is 14.2 Å². The first kappa shape index (κ1) is 20.1. The van der Waals surface area contributed by atoms with E-state index < -0.39 is 17.2 Å². The Kier molecular flexibility index (Phi) is 5.09. The van der Waals surface area contributed by atoms with Gasteiger partial charge in [0.2, 0.25) is 0 Å². The molecule has 0 aliphatic carbocycles. The number of carbonyl (C=O) groups is 2. The van der Waals surface area contributed by atoms with Crippen LogP contribution in [0.15, 0.2) is 30.3 Å². The molecule has 2 aliphatic heterocycles. The monoisotopic (exact) mass is 417 g/mol. The van der Waals surface area contributed by atoms with E-state index in [9.17, 15) is 18.4 Å². The van der Waals surface area contributed by atoms with Crippen molar-refractivity contribution < 1.29 is 32.6 Å². The molecule has 0 unspecified atom stereocenters. The molecule has 1 spiro atoms. The van der Waals surface area contributed by atoms with Crippen molar-refractivity contribution in [2.75, 3.05) is 27.3 Å². The van der Waals surface area contributed by atoms with Crippen LogP contribution in [0.2, 0.25) is 0 Å². The Morgan fingerprint density at radius 1 is 1.07 bits per heavy atom. The lowest BCUT2D eigenvalue weighted by Gasteiger charge is -2.44. The third-order valence-electron chi connectivity index (χ3n) is 5.71. The number of benzene rings is 2. The highest BCUT2D eigenvalue weighted by atomic mass is 19.2. The molecule has 6 nitrogen and oxygen atoms in total. The van der Waals surface area contributed by atoms with Crippen LogP contribution in [0.1, 0.15) is 40.0 Å². The van der Waals surface area contributed by atoms with Crippen molar-refractivity contribution in [1.82, 2.24) is 4.90 Å². The highest BCUT2D eigenvalue weighted by Crippen LogP contribution is 2.44. The topological polar surface area (TPSA) is 65.1 Å². The molecule has 0 bridgehead atoms. The van der Waals surface area contributed by atoms with Crippen LogP contribution in [0.4, 0.5) is 8.78 Å². The summed E-state index contributed by atoms with van der Waals surface area (Å²) in [7, 11) is 3.00. The summed E-state index contributed by atoms with van der Waals surface area (Å²) >= 11 is 0. The molecule has 1 fully saturated rings. The molecule has 2 aliphatic rings. The number of likely N-dealkylation sites (tertiary alicyclic amines) is 1. The number of halogens is 2. The van der Waals surface area contributed by atoms with Crippen molar-refractivity contribution in [3.05, 3.63) is 53.1 Å². The zero-order valence-corrected chi connectivity index (χ0v) is 16.7. The van der Waals surface area contributed by atoms with Crippen LogP contribution in [-0.4, -0.2) is 49.5 Å². The van der Waals surface area contributed by atoms with Gasteiger partial charge in [0.15, 0.2) is 17.4 Å². The third kappa shape index (κ3) is 3.46. The summed E-state index contributed by atoms with van der Waals surface area (Å²) in [6.45, 7) is 0.670. The second-order valence-electron chi connectivity index (χ2n) is 7.51. The third-order valence-corrected chi connectivity index (χ3v) is 5.71. The number of hydrogen-bond donors (Lipinski definition) is 0. The first-order valence-electron chi connectivity index (χ1n) is 9.58. The number of rotatable bonds is 3. The van der Waals surface area contributed by atoms with Crippen molar-refractivity contribution >= 4 is 11.7 Å². The summed E-state index contributed by atoms with van der Waals surface area (Å²) in [4.78, 5) is 27.1. The molecule has 0 N–H and O–H groups in total. The van der Waals surface area contributed by atoms with Crippen LogP contribution in [-0.2, 0) is 0 Å². The first-order valence-corrected chi connectivity index (χ1v) is 9.58. The van der Waals surface area contributed by atoms with Crippen molar-refractivity contribution in [2.24, 2.45) is 0 Å². The number of hydrogen-bond acceptors (Lipinski definition) is 5. The van der Waals surface area contributed by atoms with E-state index in [1.165, 1.54) is 20.3 Å². The van der Waals surface area contributed by atoms with E-state index in [1.807, 2.05) is 0 Å². The van der Waals surface area contributed by atoms with Gasteiger partial charge in [-0.1, -0.05) is 0 Å². The lowest BCUT2D eigenvalue weighted by atomic mass is 9.82. The van der Waals surface area contributed by atoms with Gasteiger partial charge in [-0.25, -0.2) is 8.78 Å². The minimum Gasteiger partial charge on any atom is -0.496 e. The Morgan fingerprint density at radius 3 is 2.43 bits per heavy atom. The predicted molar refractivity (Wildman–Crippen MR) is 103 cm³/mol. The summed E-state index contributed by atoms with van der Waals surface area (Å²) in [6.07, 6.45) is 1.05. The van der Waals surface area contributed by atoms with Gasteiger partial charge in [0, 0.05) is 43.6 Å². The molecule has 0 aromatic heterocycles. The lowest BCUT2D eigenvalue weighted by molar-refractivity contribution is -0.00611. The van der Waals surface area contributed by atoms with Gasteiger partial charge in [-0.3, -0.25) is 9.59 Å². The van der Waals surface area contributed by atoms with Crippen molar-refractivity contribution in [3.8, 4) is 17.2 Å². The Labute approximate surface area is 172 Å². The zero-order chi connectivity index (χ0) is 21.5. The maximum absolute atomic E-state index is 13.5. The highest BCUT2D eigenvalue weighted by Gasteiger charge is 2.45. The van der Waals surface area contributed by atoms with Gasteiger partial charge < -0.3 is 19.1 Å². The van der Waals surface area contributed by atoms with E-state index in [2.05, 4.69) is 0 Å². The highest BCUT2D eigenvalue weighted by molar-refractivity contribution is 6.03. The minimum atomic E-state index is -1.06. The second-order valence-corrected chi connectivity index (χ2v) is 7.51. The molecule has 2 aromatic carbocycles. The summed E-state index contributed by atoms with van der Waals surface area (Å²) in [6, 6.07) is 6.41. The molecule has 0 radical (unpaired) electrons. The van der Waals surface area contributed by atoms with Gasteiger partial charge in [0.1, 0.15) is 28.4 Å². The summed E-state index contributed by atoms with van der Waals surface area (Å²) in [5.41, 5.74) is -0.249. The number of fused-ring (bicyclic) bond motifs is 1. The van der Waals surface area contributed by atoms with Crippen LogP contribution >= 0.6 is 0 Å².